The number of nitrogens with one attached hydrogen (secondary N) is 1. The largest absolute Gasteiger partial charge is 0.478 e. The summed E-state index contributed by atoms with van der Waals surface area (Å²) in [4.78, 5) is 24.8. The molecule has 0 radical (unpaired) electrons. The summed E-state index contributed by atoms with van der Waals surface area (Å²) in [6.45, 7) is 3.00. The van der Waals surface area contributed by atoms with E-state index in [1.165, 1.54) is 0 Å². The third kappa shape index (κ3) is 2.91. The molecule has 1 aromatic carbocycles. The van der Waals surface area contributed by atoms with E-state index in [2.05, 4.69) is 17.2 Å². The lowest BCUT2D eigenvalue weighted by molar-refractivity contribution is 0.0695. The van der Waals surface area contributed by atoms with E-state index in [0.29, 0.717) is 31.6 Å². The van der Waals surface area contributed by atoms with Gasteiger partial charge in [0.25, 0.3) is 0 Å². The average molecular weight is 272 g/mol. The smallest absolute Gasteiger partial charge is 0.335 e. The van der Waals surface area contributed by atoms with E-state index in [-0.39, 0.29) is 6.03 Å². The molecule has 5 nitrogen and oxygen atoms in total. The topological polar surface area (TPSA) is 69.6 Å². The van der Waals surface area contributed by atoms with Gasteiger partial charge >= 0.3 is 12.0 Å². The molecule has 0 fully saturated rings. The zero-order chi connectivity index (χ0) is 14.5. The number of hydrogen-bond acceptors (Lipinski definition) is 2. The van der Waals surface area contributed by atoms with Gasteiger partial charge in [-0.3, -0.25) is 0 Å². The lowest BCUT2D eigenvalue weighted by Gasteiger charge is -2.29. The number of urea groups is 1. The number of rotatable bonds is 2. The summed E-state index contributed by atoms with van der Waals surface area (Å²) in [6.07, 6.45) is 0.560. The fourth-order valence-electron chi connectivity index (χ4n) is 2.30. The van der Waals surface area contributed by atoms with E-state index >= 15 is 0 Å². The zero-order valence-electron chi connectivity index (χ0n) is 11.3. The maximum absolute atomic E-state index is 11.9. The first-order valence-electron chi connectivity index (χ1n) is 6.40. The predicted molar refractivity (Wildman–Crippen MR) is 74.4 cm³/mol. The summed E-state index contributed by atoms with van der Waals surface area (Å²) in [5, 5.41) is 11.9. The minimum absolute atomic E-state index is 0.167. The Morgan fingerprint density at radius 3 is 2.95 bits per heavy atom. The molecule has 5 heteroatoms. The van der Waals surface area contributed by atoms with Gasteiger partial charge in [-0.1, -0.05) is 18.1 Å². The van der Waals surface area contributed by atoms with Gasteiger partial charge in [-0.05, 0) is 30.5 Å². The van der Waals surface area contributed by atoms with Gasteiger partial charge in [0.1, 0.15) is 0 Å². The van der Waals surface area contributed by atoms with Crippen LogP contribution in [0.5, 0.6) is 0 Å². The van der Waals surface area contributed by atoms with Crippen molar-refractivity contribution in [3.63, 3.8) is 0 Å². The minimum Gasteiger partial charge on any atom is -0.478 e. The average Bonchev–Trinajstić information content (AvgIpc) is 2.46. The van der Waals surface area contributed by atoms with E-state index in [1.54, 1.807) is 24.0 Å². The maximum atomic E-state index is 11.9. The Morgan fingerprint density at radius 2 is 2.25 bits per heavy atom. The lowest BCUT2D eigenvalue weighted by Crippen LogP contribution is -2.43. The second-order valence-electron chi connectivity index (χ2n) is 4.51. The number of benzene rings is 1. The molecule has 0 spiro atoms. The van der Waals surface area contributed by atoms with E-state index < -0.39 is 5.97 Å². The standard InChI is InChI=1S/C15H16N2O3/c1-2-3-8-16-15(20)17-9-7-12-11(10-17)5-4-6-13(12)14(18)19/h4-6H,7-10H2,1H3,(H,16,20)(H,18,19). The minimum atomic E-state index is -0.919. The Kier molecular flexibility index (Phi) is 4.26. The molecule has 0 atom stereocenters. The van der Waals surface area contributed by atoms with Crippen LogP contribution in [-0.2, 0) is 13.0 Å². The molecule has 2 amide bonds. The van der Waals surface area contributed by atoms with Crippen molar-refractivity contribution in [1.29, 1.82) is 0 Å². The number of hydrogen-bond donors (Lipinski definition) is 2. The summed E-state index contributed by atoms with van der Waals surface area (Å²) in [6, 6.07) is 5.02. The first-order chi connectivity index (χ1) is 9.63. The van der Waals surface area contributed by atoms with Crippen molar-refractivity contribution in [2.45, 2.75) is 19.9 Å². The molecule has 0 unspecified atom stereocenters. The number of carboxylic acids is 1. The molecule has 104 valence electrons. The van der Waals surface area contributed by atoms with Gasteiger partial charge in [-0.15, -0.1) is 5.92 Å². The van der Waals surface area contributed by atoms with Crippen LogP contribution in [0, 0.1) is 11.8 Å². The molecular weight excluding hydrogens is 256 g/mol. The summed E-state index contributed by atoms with van der Waals surface area (Å²) >= 11 is 0. The normalized spacial score (nSPS) is 12.9. The number of nitrogens with zero attached hydrogens (tertiary/aromatic N) is 1. The van der Waals surface area contributed by atoms with Crippen LogP contribution in [-0.4, -0.2) is 35.1 Å². The second kappa shape index (κ2) is 6.11. The first kappa shape index (κ1) is 13.9. The van der Waals surface area contributed by atoms with Crippen LogP contribution in [0.4, 0.5) is 4.79 Å². The third-order valence-electron chi connectivity index (χ3n) is 3.29. The molecule has 1 heterocycles. The SMILES string of the molecule is CC#CCNC(=O)N1CCc2c(cccc2C(=O)O)C1. The molecule has 2 N–H and O–H groups in total. The van der Waals surface area contributed by atoms with E-state index in [9.17, 15) is 9.59 Å². The highest BCUT2D eigenvalue weighted by atomic mass is 16.4. The van der Waals surface area contributed by atoms with Crippen LogP contribution in [0.25, 0.3) is 0 Å². The van der Waals surface area contributed by atoms with Crippen molar-refractivity contribution in [3.8, 4) is 11.8 Å². The fraction of sp³-hybridized carbons (Fsp3) is 0.333. The van der Waals surface area contributed by atoms with Gasteiger partial charge in [-0.25, -0.2) is 9.59 Å². The highest BCUT2D eigenvalue weighted by Crippen LogP contribution is 2.22. The number of carboxylic acid groups (broad SMARTS) is 1. The molecule has 1 aliphatic rings. The van der Waals surface area contributed by atoms with Crippen molar-refractivity contribution < 1.29 is 14.7 Å². The van der Waals surface area contributed by atoms with Crippen LogP contribution in [0.2, 0.25) is 0 Å². The van der Waals surface area contributed by atoms with Crippen LogP contribution in [0.1, 0.15) is 28.4 Å². The van der Waals surface area contributed by atoms with Gasteiger partial charge in [0.15, 0.2) is 0 Å². The molecule has 0 aromatic heterocycles. The number of carbonyl (C=O) groups is 2. The van der Waals surface area contributed by atoms with Crippen molar-refractivity contribution in [2.24, 2.45) is 0 Å². The quantitative estimate of drug-likeness (QED) is 0.801. The molecule has 2 rings (SSSR count). The Hall–Kier alpha value is -2.48. The van der Waals surface area contributed by atoms with Crippen LogP contribution >= 0.6 is 0 Å². The molecule has 20 heavy (non-hydrogen) atoms. The predicted octanol–water partition coefficient (Wildman–Crippen LogP) is 1.48. The van der Waals surface area contributed by atoms with Crippen molar-refractivity contribution in [1.82, 2.24) is 10.2 Å². The number of carbonyl (C=O) groups excluding carboxylic acids is 1. The van der Waals surface area contributed by atoms with E-state index in [0.717, 1.165) is 11.1 Å². The van der Waals surface area contributed by atoms with Gasteiger partial charge in [0.05, 0.1) is 12.1 Å². The molecule has 0 saturated heterocycles. The lowest BCUT2D eigenvalue weighted by atomic mass is 9.95. The molecular formula is C15H16N2O3. The number of amides is 2. The Morgan fingerprint density at radius 1 is 1.45 bits per heavy atom. The van der Waals surface area contributed by atoms with Crippen LogP contribution in [0.3, 0.4) is 0 Å². The highest BCUT2D eigenvalue weighted by Gasteiger charge is 2.23. The van der Waals surface area contributed by atoms with Crippen LogP contribution in [0.15, 0.2) is 18.2 Å². The van der Waals surface area contributed by atoms with Crippen molar-refractivity contribution >= 4 is 12.0 Å². The third-order valence-corrected chi connectivity index (χ3v) is 3.29. The van der Waals surface area contributed by atoms with Gasteiger partial charge < -0.3 is 15.3 Å². The number of aromatic carboxylic acids is 1. The van der Waals surface area contributed by atoms with E-state index in [1.807, 2.05) is 6.07 Å². The number of fused-ring (bicyclic) bond motifs is 1. The fourth-order valence-corrected chi connectivity index (χ4v) is 2.30. The molecule has 0 saturated carbocycles. The summed E-state index contributed by atoms with van der Waals surface area (Å²) < 4.78 is 0. The maximum Gasteiger partial charge on any atom is 0.335 e. The monoisotopic (exact) mass is 272 g/mol. The van der Waals surface area contributed by atoms with Gasteiger partial charge in [0.2, 0.25) is 0 Å². The molecule has 0 bridgehead atoms. The zero-order valence-corrected chi connectivity index (χ0v) is 11.3. The Labute approximate surface area is 117 Å². The highest BCUT2D eigenvalue weighted by molar-refractivity contribution is 5.90. The van der Waals surface area contributed by atoms with E-state index in [4.69, 9.17) is 5.11 Å². The molecule has 1 aliphatic heterocycles. The Balaban J connectivity index is 2.11. The van der Waals surface area contributed by atoms with Gasteiger partial charge in [0, 0.05) is 13.1 Å². The Bertz CT molecular complexity index is 599. The first-order valence-corrected chi connectivity index (χ1v) is 6.40. The van der Waals surface area contributed by atoms with Crippen LogP contribution < -0.4 is 5.32 Å². The summed E-state index contributed by atoms with van der Waals surface area (Å²) in [7, 11) is 0. The van der Waals surface area contributed by atoms with Crippen molar-refractivity contribution in [2.75, 3.05) is 13.1 Å². The summed E-state index contributed by atoms with van der Waals surface area (Å²) in [5.74, 6) is 4.57. The van der Waals surface area contributed by atoms with Crippen molar-refractivity contribution in [3.05, 3.63) is 34.9 Å². The van der Waals surface area contributed by atoms with Gasteiger partial charge in [-0.2, -0.15) is 0 Å². The summed E-state index contributed by atoms with van der Waals surface area (Å²) in [5.41, 5.74) is 2.06. The second-order valence-corrected chi connectivity index (χ2v) is 4.51. The molecule has 1 aromatic rings. The molecule has 0 aliphatic carbocycles.